The Labute approximate surface area is 220 Å². The van der Waals surface area contributed by atoms with Crippen LogP contribution in [-0.2, 0) is 10.0 Å². The molecule has 3 aromatic rings. The second-order valence-corrected chi connectivity index (χ2v) is 10.4. The molecule has 4 N–H and O–H groups in total. The van der Waals surface area contributed by atoms with Crippen molar-refractivity contribution in [2.75, 3.05) is 69.0 Å². The zero-order valence-electron chi connectivity index (χ0n) is 20.5. The van der Waals surface area contributed by atoms with Gasteiger partial charge < -0.3 is 25.4 Å². The van der Waals surface area contributed by atoms with Gasteiger partial charge in [0.1, 0.15) is 21.4 Å². The number of methoxy groups -OCH3 is 1. The molecule has 1 fully saturated rings. The van der Waals surface area contributed by atoms with Gasteiger partial charge in [-0.1, -0.05) is 23.7 Å². The number of aliphatic hydroxyl groups excluding tert-OH is 1. The minimum absolute atomic E-state index is 0.0559. The predicted molar refractivity (Wildman–Crippen MR) is 143 cm³/mol. The monoisotopic (exact) mass is 548 g/mol. The van der Waals surface area contributed by atoms with E-state index < -0.39 is 10.0 Å². The van der Waals surface area contributed by atoms with Crippen molar-refractivity contribution >= 4 is 50.6 Å². The summed E-state index contributed by atoms with van der Waals surface area (Å²) in [5.41, 5.74) is 0.864. The van der Waals surface area contributed by atoms with Gasteiger partial charge in [0.25, 0.3) is 0 Å². The number of nitrogens with zero attached hydrogens (tertiary/aromatic N) is 5. The van der Waals surface area contributed by atoms with E-state index in [-0.39, 0.29) is 28.3 Å². The number of β-amino-alcohol motifs (C(OH)–C–C–N with tert-alkyl or cyclic N) is 1. The van der Waals surface area contributed by atoms with Gasteiger partial charge in [0.15, 0.2) is 5.82 Å². The molecule has 0 amide bonds. The van der Waals surface area contributed by atoms with Crippen molar-refractivity contribution < 1.29 is 18.3 Å². The van der Waals surface area contributed by atoms with Gasteiger partial charge in [-0.05, 0) is 31.3 Å². The zero-order chi connectivity index (χ0) is 26.4. The van der Waals surface area contributed by atoms with Crippen LogP contribution in [0.3, 0.4) is 0 Å². The minimum Gasteiger partial charge on any atom is -0.479 e. The Kier molecular flexibility index (Phi) is 8.61. The molecular formula is C23H29ClN8O4S. The van der Waals surface area contributed by atoms with E-state index in [1.165, 1.54) is 26.4 Å². The Morgan fingerprint density at radius 1 is 1.05 bits per heavy atom. The highest BCUT2D eigenvalue weighted by Crippen LogP contribution is 2.31. The van der Waals surface area contributed by atoms with E-state index in [4.69, 9.17) is 21.4 Å². The van der Waals surface area contributed by atoms with Crippen molar-refractivity contribution in [3.63, 3.8) is 0 Å². The number of sulfonamides is 1. The maximum Gasteiger partial charge on any atom is 0.242 e. The number of ether oxygens (including phenoxy) is 1. The SMILES string of the molecule is CNS(=O)(=O)c1ccccc1Nc1nc(Nc2ccc(N3CCN(CCO)CC3)nc2OC)ncc1Cl. The first kappa shape index (κ1) is 26.8. The van der Waals surface area contributed by atoms with E-state index in [9.17, 15) is 8.42 Å². The van der Waals surface area contributed by atoms with Gasteiger partial charge in [-0.25, -0.2) is 18.1 Å². The van der Waals surface area contributed by atoms with Crippen LogP contribution >= 0.6 is 11.6 Å². The molecule has 0 atom stereocenters. The summed E-state index contributed by atoms with van der Waals surface area (Å²) in [6.45, 7) is 4.10. The molecule has 0 bridgehead atoms. The lowest BCUT2D eigenvalue weighted by Gasteiger charge is -2.35. The third-order valence-electron chi connectivity index (χ3n) is 5.84. The van der Waals surface area contributed by atoms with Crippen LogP contribution < -0.4 is 25.0 Å². The fourth-order valence-electron chi connectivity index (χ4n) is 3.88. The number of nitrogens with one attached hydrogen (secondary N) is 3. The first-order chi connectivity index (χ1) is 17.8. The number of para-hydroxylation sites is 1. The lowest BCUT2D eigenvalue weighted by Crippen LogP contribution is -2.47. The summed E-state index contributed by atoms with van der Waals surface area (Å²) in [7, 11) is -0.830. The summed E-state index contributed by atoms with van der Waals surface area (Å²) in [6.07, 6.45) is 1.41. The number of anilines is 5. The molecular weight excluding hydrogens is 520 g/mol. The van der Waals surface area contributed by atoms with Crippen LogP contribution in [0.1, 0.15) is 0 Å². The minimum atomic E-state index is -3.71. The largest absolute Gasteiger partial charge is 0.479 e. The molecule has 1 aromatic carbocycles. The molecule has 198 valence electrons. The third kappa shape index (κ3) is 6.37. The molecule has 12 nitrogen and oxygen atoms in total. The molecule has 0 saturated carbocycles. The van der Waals surface area contributed by atoms with Crippen LogP contribution in [0.15, 0.2) is 47.5 Å². The average molecular weight is 549 g/mol. The molecule has 37 heavy (non-hydrogen) atoms. The van der Waals surface area contributed by atoms with Crippen molar-refractivity contribution in [2.24, 2.45) is 0 Å². The first-order valence-corrected chi connectivity index (χ1v) is 13.4. The maximum atomic E-state index is 12.4. The Morgan fingerprint density at radius 3 is 2.51 bits per heavy atom. The van der Waals surface area contributed by atoms with E-state index in [1.54, 1.807) is 18.2 Å². The molecule has 2 aromatic heterocycles. The molecule has 4 rings (SSSR count). The van der Waals surface area contributed by atoms with Gasteiger partial charge in [-0.2, -0.15) is 9.97 Å². The normalized spacial score (nSPS) is 14.4. The lowest BCUT2D eigenvalue weighted by molar-refractivity contribution is 0.188. The summed E-state index contributed by atoms with van der Waals surface area (Å²) in [5.74, 6) is 1.59. The summed E-state index contributed by atoms with van der Waals surface area (Å²) < 4.78 is 32.6. The van der Waals surface area contributed by atoms with E-state index in [0.717, 1.165) is 32.0 Å². The van der Waals surface area contributed by atoms with Crippen LogP contribution in [-0.4, -0.2) is 86.9 Å². The van der Waals surface area contributed by atoms with Gasteiger partial charge in [-0.15, -0.1) is 0 Å². The van der Waals surface area contributed by atoms with Crippen LogP contribution in [0.5, 0.6) is 5.88 Å². The number of halogens is 1. The summed E-state index contributed by atoms with van der Waals surface area (Å²) in [6, 6.07) is 10.2. The Bertz CT molecular complexity index is 1340. The molecule has 3 heterocycles. The number of pyridine rings is 1. The number of benzene rings is 1. The van der Waals surface area contributed by atoms with Gasteiger partial charge in [0, 0.05) is 32.7 Å². The lowest BCUT2D eigenvalue weighted by atomic mass is 10.3. The highest BCUT2D eigenvalue weighted by Gasteiger charge is 2.20. The number of aliphatic hydroxyl groups is 1. The third-order valence-corrected chi connectivity index (χ3v) is 7.59. The van der Waals surface area contributed by atoms with Crippen molar-refractivity contribution in [3.05, 3.63) is 47.6 Å². The van der Waals surface area contributed by atoms with Crippen LogP contribution in [0.4, 0.5) is 29.0 Å². The van der Waals surface area contributed by atoms with Crippen LogP contribution in [0, 0.1) is 0 Å². The fourth-order valence-corrected chi connectivity index (χ4v) is 4.90. The topological polar surface area (TPSA) is 145 Å². The van der Waals surface area contributed by atoms with Gasteiger partial charge in [-0.3, -0.25) is 4.90 Å². The van der Waals surface area contributed by atoms with Gasteiger partial charge in [0.2, 0.25) is 21.9 Å². The van der Waals surface area contributed by atoms with Crippen molar-refractivity contribution in [1.29, 1.82) is 0 Å². The number of piperazine rings is 1. The average Bonchev–Trinajstić information content (AvgIpc) is 2.91. The maximum absolute atomic E-state index is 12.4. The molecule has 0 radical (unpaired) electrons. The number of hydrogen-bond donors (Lipinski definition) is 4. The molecule has 14 heteroatoms. The van der Waals surface area contributed by atoms with Crippen molar-refractivity contribution in [3.8, 4) is 5.88 Å². The van der Waals surface area contributed by atoms with Gasteiger partial charge >= 0.3 is 0 Å². The second kappa shape index (κ2) is 11.9. The molecule has 0 unspecified atom stereocenters. The molecule has 0 aliphatic carbocycles. The van der Waals surface area contributed by atoms with E-state index in [0.29, 0.717) is 23.8 Å². The van der Waals surface area contributed by atoms with Gasteiger partial charge in [0.05, 0.1) is 25.6 Å². The number of rotatable bonds is 10. The second-order valence-electron chi connectivity index (χ2n) is 8.12. The molecule has 1 aliphatic heterocycles. The van der Waals surface area contributed by atoms with Crippen molar-refractivity contribution in [2.45, 2.75) is 4.90 Å². The smallest absolute Gasteiger partial charge is 0.242 e. The molecule has 1 saturated heterocycles. The fraction of sp³-hybridized carbons (Fsp3) is 0.348. The summed E-state index contributed by atoms with van der Waals surface area (Å²) in [5, 5.41) is 15.4. The van der Waals surface area contributed by atoms with E-state index >= 15 is 0 Å². The van der Waals surface area contributed by atoms with Crippen LogP contribution in [0.2, 0.25) is 5.02 Å². The number of aromatic nitrogens is 3. The standard InChI is InChI=1S/C23H29ClN8O4S/c1-25-37(34,35)19-6-4-3-5-17(19)27-21-16(24)15-26-23(30-21)28-18-7-8-20(29-22(18)36-2)32-11-9-31(10-12-32)13-14-33/h3-8,15,25,33H,9-14H2,1-2H3,(H2,26,27,28,30). The highest BCUT2D eigenvalue weighted by atomic mass is 35.5. The quantitative estimate of drug-likeness (QED) is 0.295. The highest BCUT2D eigenvalue weighted by molar-refractivity contribution is 7.89. The molecule has 0 spiro atoms. The molecule has 1 aliphatic rings. The Hall–Kier alpha value is -3.23. The predicted octanol–water partition coefficient (Wildman–Crippen LogP) is 2.04. The van der Waals surface area contributed by atoms with E-state index in [2.05, 4.69) is 40.1 Å². The summed E-state index contributed by atoms with van der Waals surface area (Å²) >= 11 is 6.30. The Morgan fingerprint density at radius 2 is 1.81 bits per heavy atom. The van der Waals surface area contributed by atoms with Crippen LogP contribution in [0.25, 0.3) is 0 Å². The zero-order valence-corrected chi connectivity index (χ0v) is 22.1. The van der Waals surface area contributed by atoms with Crippen molar-refractivity contribution in [1.82, 2.24) is 24.6 Å². The Balaban J connectivity index is 1.53. The first-order valence-electron chi connectivity index (χ1n) is 11.6. The summed E-state index contributed by atoms with van der Waals surface area (Å²) in [4.78, 5) is 17.7. The number of hydrogen-bond acceptors (Lipinski definition) is 11. The van der Waals surface area contributed by atoms with E-state index in [1.807, 2.05) is 12.1 Å².